The fourth-order valence-electron chi connectivity index (χ4n) is 4.41. The molecule has 1 N–H and O–H groups in total. The number of aromatic nitrogens is 2. The van der Waals surface area contributed by atoms with Crippen LogP contribution in [0.5, 0.6) is 0 Å². The molecule has 2 fully saturated rings. The van der Waals surface area contributed by atoms with Gasteiger partial charge in [-0.25, -0.2) is 0 Å². The van der Waals surface area contributed by atoms with Crippen molar-refractivity contribution >= 4 is 5.91 Å². The molecule has 1 saturated carbocycles. The van der Waals surface area contributed by atoms with E-state index in [1.54, 1.807) is 24.2 Å². The molecule has 4 rings (SSSR count). The molecular weight excluding hydrogens is 352 g/mol. The number of methoxy groups -OCH3 is 1. The fourth-order valence-corrected chi connectivity index (χ4v) is 4.41. The second-order valence-corrected chi connectivity index (χ2v) is 8.37. The van der Waals surface area contributed by atoms with Gasteiger partial charge in [-0.15, -0.1) is 0 Å². The number of nitrogens with zero attached hydrogens (tertiary/aromatic N) is 3. The number of carbonyl (C=O) groups excluding carboxylic acids is 1. The van der Waals surface area contributed by atoms with Crippen LogP contribution in [0.15, 0.2) is 42.7 Å². The lowest BCUT2D eigenvalue weighted by atomic mass is 9.78. The smallest absolute Gasteiger partial charge is 0.257 e. The predicted octanol–water partition coefficient (Wildman–Crippen LogP) is 2.43. The summed E-state index contributed by atoms with van der Waals surface area (Å²) in [6.07, 6.45) is 6.57. The van der Waals surface area contributed by atoms with Crippen molar-refractivity contribution in [2.24, 2.45) is 12.5 Å². The Kier molecular flexibility index (Phi) is 5.51. The van der Waals surface area contributed by atoms with Crippen LogP contribution in [0.25, 0.3) is 0 Å². The molecule has 1 aliphatic heterocycles. The third kappa shape index (κ3) is 4.13. The largest absolute Gasteiger partial charge is 0.384 e. The van der Waals surface area contributed by atoms with Gasteiger partial charge in [-0.05, 0) is 24.8 Å². The molecule has 6 nitrogen and oxygen atoms in total. The van der Waals surface area contributed by atoms with Crippen LogP contribution in [0.1, 0.15) is 41.1 Å². The Labute approximate surface area is 166 Å². The van der Waals surface area contributed by atoms with E-state index in [1.165, 1.54) is 12.0 Å². The van der Waals surface area contributed by atoms with Crippen LogP contribution in [-0.4, -0.2) is 60.0 Å². The van der Waals surface area contributed by atoms with Gasteiger partial charge in [0.1, 0.15) is 0 Å². The minimum absolute atomic E-state index is 0.0819. The number of hydrogen-bond donors (Lipinski definition) is 1. The first-order valence-corrected chi connectivity index (χ1v) is 10.2. The normalized spacial score (nSPS) is 23.6. The van der Waals surface area contributed by atoms with Crippen LogP contribution in [0.4, 0.5) is 0 Å². The van der Waals surface area contributed by atoms with Crippen molar-refractivity contribution in [3.63, 3.8) is 0 Å². The number of ether oxygens (including phenoxy) is 1. The lowest BCUT2D eigenvalue weighted by molar-refractivity contribution is 0.0202. The van der Waals surface area contributed by atoms with Gasteiger partial charge in [0.25, 0.3) is 5.91 Å². The molecule has 28 heavy (non-hydrogen) atoms. The Morgan fingerprint density at radius 1 is 1.29 bits per heavy atom. The lowest BCUT2D eigenvalue weighted by Crippen LogP contribution is -2.49. The van der Waals surface area contributed by atoms with Crippen molar-refractivity contribution in [3.05, 3.63) is 53.9 Å². The molecule has 1 aromatic carbocycles. The number of rotatable bonds is 7. The van der Waals surface area contributed by atoms with E-state index < -0.39 is 0 Å². The minimum atomic E-state index is 0.0819. The molecule has 2 aliphatic rings. The summed E-state index contributed by atoms with van der Waals surface area (Å²) in [6, 6.07) is 11.3. The number of nitrogens with one attached hydrogen (secondary N) is 1. The van der Waals surface area contributed by atoms with E-state index >= 15 is 0 Å². The first-order valence-electron chi connectivity index (χ1n) is 10.2. The average molecular weight is 383 g/mol. The number of piperidine rings is 1. The molecule has 150 valence electrons. The van der Waals surface area contributed by atoms with Gasteiger partial charge in [-0.1, -0.05) is 30.3 Å². The first-order chi connectivity index (χ1) is 13.6. The standard InChI is InChI=1S/C22H30N4O2/c1-25-14-18(13-24-25)21(27)26-10-8-22(9-11-26,16-28-2)15-23-20-12-19(20)17-6-4-3-5-7-17/h3-7,13-14,19-20,23H,8-12,15-16H2,1-2H3/t19-,20+/m0/s1. The van der Waals surface area contributed by atoms with E-state index in [9.17, 15) is 4.79 Å². The summed E-state index contributed by atoms with van der Waals surface area (Å²) in [4.78, 5) is 14.6. The number of carbonyl (C=O) groups is 1. The highest BCUT2D eigenvalue weighted by molar-refractivity contribution is 5.93. The van der Waals surface area contributed by atoms with Crippen LogP contribution in [0, 0.1) is 5.41 Å². The van der Waals surface area contributed by atoms with Crippen LogP contribution in [0.2, 0.25) is 0 Å². The number of hydrogen-bond acceptors (Lipinski definition) is 4. The van der Waals surface area contributed by atoms with Crippen LogP contribution in [-0.2, 0) is 11.8 Å². The Hall–Kier alpha value is -2.18. The van der Waals surface area contributed by atoms with Crippen molar-refractivity contribution in [2.45, 2.75) is 31.2 Å². The van der Waals surface area contributed by atoms with Crippen LogP contribution in [0.3, 0.4) is 0 Å². The van der Waals surface area contributed by atoms with Crippen molar-refractivity contribution in [2.75, 3.05) is 33.4 Å². The maximum Gasteiger partial charge on any atom is 0.257 e. The zero-order valence-corrected chi connectivity index (χ0v) is 16.8. The predicted molar refractivity (Wildman–Crippen MR) is 108 cm³/mol. The molecule has 1 saturated heterocycles. The second-order valence-electron chi connectivity index (χ2n) is 8.37. The first kappa shape index (κ1) is 19.2. The summed E-state index contributed by atoms with van der Waals surface area (Å²) in [7, 11) is 3.61. The Morgan fingerprint density at radius 3 is 2.68 bits per heavy atom. The summed E-state index contributed by atoms with van der Waals surface area (Å²) < 4.78 is 7.25. The van der Waals surface area contributed by atoms with E-state index in [2.05, 4.69) is 40.7 Å². The summed E-state index contributed by atoms with van der Waals surface area (Å²) in [5.74, 6) is 0.714. The third-order valence-corrected chi connectivity index (χ3v) is 6.27. The number of aryl methyl sites for hydroxylation is 1. The molecule has 0 spiro atoms. The topological polar surface area (TPSA) is 59.4 Å². The van der Waals surface area contributed by atoms with E-state index in [0.29, 0.717) is 17.5 Å². The molecule has 0 unspecified atom stereocenters. The number of benzene rings is 1. The Morgan fingerprint density at radius 2 is 2.04 bits per heavy atom. The van der Waals surface area contributed by atoms with Crippen molar-refractivity contribution in [1.82, 2.24) is 20.0 Å². The molecule has 0 bridgehead atoms. The summed E-state index contributed by atoms with van der Waals surface area (Å²) >= 11 is 0. The average Bonchev–Trinajstić information content (AvgIpc) is 3.38. The van der Waals surface area contributed by atoms with Gasteiger partial charge in [-0.3, -0.25) is 9.48 Å². The fraction of sp³-hybridized carbons (Fsp3) is 0.545. The second kappa shape index (κ2) is 8.05. The van der Waals surface area contributed by atoms with Crippen LogP contribution >= 0.6 is 0 Å². The molecule has 2 aromatic rings. The third-order valence-electron chi connectivity index (χ3n) is 6.27. The van der Waals surface area contributed by atoms with Crippen molar-refractivity contribution in [1.29, 1.82) is 0 Å². The monoisotopic (exact) mass is 382 g/mol. The Balaban J connectivity index is 1.31. The van der Waals surface area contributed by atoms with Crippen LogP contribution < -0.4 is 5.32 Å². The van der Waals surface area contributed by atoms with Gasteiger partial charge >= 0.3 is 0 Å². The van der Waals surface area contributed by atoms with E-state index in [4.69, 9.17) is 4.74 Å². The van der Waals surface area contributed by atoms with Crippen molar-refractivity contribution < 1.29 is 9.53 Å². The SMILES string of the molecule is COCC1(CN[C@@H]2C[C@H]2c2ccccc2)CCN(C(=O)c2cnn(C)c2)CC1. The molecule has 6 heteroatoms. The maximum absolute atomic E-state index is 12.7. The summed E-state index contributed by atoms with van der Waals surface area (Å²) in [6.45, 7) is 3.22. The Bertz CT molecular complexity index is 796. The number of amides is 1. The highest BCUT2D eigenvalue weighted by Crippen LogP contribution is 2.42. The maximum atomic E-state index is 12.7. The molecule has 2 atom stereocenters. The summed E-state index contributed by atoms with van der Waals surface area (Å²) in [5, 5.41) is 7.90. The van der Waals surface area contributed by atoms with E-state index in [0.717, 1.165) is 39.1 Å². The van der Waals surface area contributed by atoms with Gasteiger partial charge in [0.15, 0.2) is 0 Å². The molecule has 1 aliphatic carbocycles. The van der Waals surface area contributed by atoms with Gasteiger partial charge < -0.3 is 15.0 Å². The number of likely N-dealkylation sites (tertiary alicyclic amines) is 1. The quantitative estimate of drug-likeness (QED) is 0.799. The zero-order chi connectivity index (χ0) is 19.6. The zero-order valence-electron chi connectivity index (χ0n) is 16.8. The molecule has 0 radical (unpaired) electrons. The van der Waals surface area contributed by atoms with Gasteiger partial charge in [0.2, 0.25) is 0 Å². The van der Waals surface area contributed by atoms with E-state index in [1.807, 2.05) is 11.9 Å². The highest BCUT2D eigenvalue weighted by atomic mass is 16.5. The van der Waals surface area contributed by atoms with Gasteiger partial charge in [0, 0.05) is 57.4 Å². The van der Waals surface area contributed by atoms with Gasteiger partial charge in [0.05, 0.1) is 18.4 Å². The highest BCUT2D eigenvalue weighted by Gasteiger charge is 2.42. The molecular formula is C22H30N4O2. The molecule has 1 amide bonds. The van der Waals surface area contributed by atoms with Gasteiger partial charge in [-0.2, -0.15) is 5.10 Å². The van der Waals surface area contributed by atoms with E-state index in [-0.39, 0.29) is 11.3 Å². The minimum Gasteiger partial charge on any atom is -0.384 e. The lowest BCUT2D eigenvalue weighted by Gasteiger charge is -2.41. The van der Waals surface area contributed by atoms with Crippen molar-refractivity contribution in [3.8, 4) is 0 Å². The summed E-state index contributed by atoms with van der Waals surface area (Å²) in [5.41, 5.74) is 2.20. The molecule has 1 aromatic heterocycles. The molecule has 2 heterocycles.